The molecule has 0 aromatic heterocycles. The standard InChI is InChI=1S/C18H21NO3/c1-13-7-8-17(11-14(13)2)22-10-9-19-18(20)15-5-4-6-16(12-15)21-3/h4-8,11-12H,9-10H2,1-3H3,(H,19,20). The first kappa shape index (κ1) is 15.9. The molecule has 0 heterocycles. The third-order valence-corrected chi connectivity index (χ3v) is 3.47. The molecular formula is C18H21NO3. The van der Waals surface area contributed by atoms with Crippen molar-refractivity contribution in [2.24, 2.45) is 0 Å². The van der Waals surface area contributed by atoms with Crippen molar-refractivity contribution in [3.05, 3.63) is 59.2 Å². The van der Waals surface area contributed by atoms with Gasteiger partial charge in [0.25, 0.3) is 5.91 Å². The highest BCUT2D eigenvalue weighted by molar-refractivity contribution is 5.94. The Bertz CT molecular complexity index is 653. The molecule has 4 nitrogen and oxygen atoms in total. The summed E-state index contributed by atoms with van der Waals surface area (Å²) >= 11 is 0. The highest BCUT2D eigenvalue weighted by Crippen LogP contribution is 2.16. The van der Waals surface area contributed by atoms with Gasteiger partial charge in [-0.1, -0.05) is 12.1 Å². The number of hydrogen-bond acceptors (Lipinski definition) is 3. The van der Waals surface area contributed by atoms with E-state index in [1.54, 1.807) is 31.4 Å². The van der Waals surface area contributed by atoms with Gasteiger partial charge in [0.05, 0.1) is 13.7 Å². The number of carbonyl (C=O) groups is 1. The summed E-state index contributed by atoms with van der Waals surface area (Å²) in [7, 11) is 1.58. The van der Waals surface area contributed by atoms with Gasteiger partial charge in [0.2, 0.25) is 0 Å². The molecule has 1 N–H and O–H groups in total. The van der Waals surface area contributed by atoms with Gasteiger partial charge in [-0.3, -0.25) is 4.79 Å². The molecule has 0 aliphatic carbocycles. The topological polar surface area (TPSA) is 47.6 Å². The minimum Gasteiger partial charge on any atom is -0.497 e. The molecular weight excluding hydrogens is 278 g/mol. The summed E-state index contributed by atoms with van der Waals surface area (Å²) in [5, 5.41) is 2.83. The van der Waals surface area contributed by atoms with Gasteiger partial charge in [-0.2, -0.15) is 0 Å². The van der Waals surface area contributed by atoms with Crippen molar-refractivity contribution in [2.45, 2.75) is 13.8 Å². The van der Waals surface area contributed by atoms with E-state index in [1.807, 2.05) is 25.1 Å². The van der Waals surface area contributed by atoms with Crippen molar-refractivity contribution >= 4 is 5.91 Å². The van der Waals surface area contributed by atoms with Gasteiger partial charge in [0.1, 0.15) is 18.1 Å². The second-order valence-electron chi connectivity index (χ2n) is 5.08. The van der Waals surface area contributed by atoms with Crippen molar-refractivity contribution in [3.8, 4) is 11.5 Å². The molecule has 0 bridgehead atoms. The van der Waals surface area contributed by atoms with Crippen LogP contribution in [0.2, 0.25) is 0 Å². The van der Waals surface area contributed by atoms with E-state index < -0.39 is 0 Å². The minimum atomic E-state index is -0.136. The van der Waals surface area contributed by atoms with Crippen LogP contribution < -0.4 is 14.8 Å². The summed E-state index contributed by atoms with van der Waals surface area (Å²) in [6, 6.07) is 13.0. The van der Waals surface area contributed by atoms with E-state index >= 15 is 0 Å². The van der Waals surface area contributed by atoms with Crippen molar-refractivity contribution in [1.82, 2.24) is 5.32 Å². The van der Waals surface area contributed by atoms with Gasteiger partial charge in [0, 0.05) is 5.56 Å². The molecule has 2 aromatic carbocycles. The van der Waals surface area contributed by atoms with Crippen LogP contribution in [0.5, 0.6) is 11.5 Å². The molecule has 0 unspecified atom stereocenters. The lowest BCUT2D eigenvalue weighted by Crippen LogP contribution is -2.28. The fourth-order valence-electron chi connectivity index (χ4n) is 2.00. The number of nitrogens with one attached hydrogen (secondary N) is 1. The molecule has 0 saturated heterocycles. The Morgan fingerprint density at radius 2 is 1.86 bits per heavy atom. The molecule has 0 aliphatic heterocycles. The van der Waals surface area contributed by atoms with Crippen molar-refractivity contribution < 1.29 is 14.3 Å². The molecule has 0 radical (unpaired) electrons. The van der Waals surface area contributed by atoms with Crippen LogP contribution in [0.4, 0.5) is 0 Å². The van der Waals surface area contributed by atoms with E-state index in [9.17, 15) is 4.79 Å². The summed E-state index contributed by atoms with van der Waals surface area (Å²) in [4.78, 5) is 12.0. The minimum absolute atomic E-state index is 0.136. The molecule has 0 fully saturated rings. The number of methoxy groups -OCH3 is 1. The zero-order valence-corrected chi connectivity index (χ0v) is 13.2. The van der Waals surface area contributed by atoms with Gasteiger partial charge in [-0.15, -0.1) is 0 Å². The average Bonchev–Trinajstić information content (AvgIpc) is 2.54. The lowest BCUT2D eigenvalue weighted by atomic mass is 10.1. The first-order valence-corrected chi connectivity index (χ1v) is 7.22. The summed E-state index contributed by atoms with van der Waals surface area (Å²) in [6.45, 7) is 4.99. The maximum Gasteiger partial charge on any atom is 0.251 e. The normalized spacial score (nSPS) is 10.1. The molecule has 4 heteroatoms. The van der Waals surface area contributed by atoms with Crippen LogP contribution >= 0.6 is 0 Å². The Morgan fingerprint density at radius 1 is 1.05 bits per heavy atom. The summed E-state index contributed by atoms with van der Waals surface area (Å²) < 4.78 is 10.7. The summed E-state index contributed by atoms with van der Waals surface area (Å²) in [6.07, 6.45) is 0. The molecule has 22 heavy (non-hydrogen) atoms. The molecule has 0 atom stereocenters. The number of benzene rings is 2. The van der Waals surface area contributed by atoms with E-state index in [1.165, 1.54) is 11.1 Å². The number of amides is 1. The van der Waals surface area contributed by atoms with Crippen LogP contribution in [0, 0.1) is 13.8 Å². The Balaban J connectivity index is 1.80. The Kier molecular flexibility index (Phi) is 5.42. The predicted octanol–water partition coefficient (Wildman–Crippen LogP) is 3.12. The number of carbonyl (C=O) groups excluding carboxylic acids is 1. The molecule has 2 aromatic rings. The van der Waals surface area contributed by atoms with E-state index in [0.29, 0.717) is 24.5 Å². The van der Waals surface area contributed by atoms with Crippen molar-refractivity contribution in [1.29, 1.82) is 0 Å². The molecule has 1 amide bonds. The zero-order chi connectivity index (χ0) is 15.9. The first-order valence-electron chi connectivity index (χ1n) is 7.22. The molecule has 0 spiro atoms. The Hall–Kier alpha value is -2.49. The number of ether oxygens (including phenoxy) is 2. The molecule has 2 rings (SSSR count). The van der Waals surface area contributed by atoms with Crippen molar-refractivity contribution in [2.75, 3.05) is 20.3 Å². The number of aryl methyl sites for hydroxylation is 2. The second kappa shape index (κ2) is 7.50. The first-order chi connectivity index (χ1) is 10.6. The molecule has 116 valence electrons. The molecule has 0 saturated carbocycles. The lowest BCUT2D eigenvalue weighted by molar-refractivity contribution is 0.0946. The second-order valence-corrected chi connectivity index (χ2v) is 5.08. The third-order valence-electron chi connectivity index (χ3n) is 3.47. The lowest BCUT2D eigenvalue weighted by Gasteiger charge is -2.10. The van der Waals surface area contributed by atoms with Crippen molar-refractivity contribution in [3.63, 3.8) is 0 Å². The number of hydrogen-bond donors (Lipinski definition) is 1. The quantitative estimate of drug-likeness (QED) is 0.834. The maximum atomic E-state index is 12.0. The monoisotopic (exact) mass is 299 g/mol. The Morgan fingerprint density at radius 3 is 2.59 bits per heavy atom. The van der Waals surface area contributed by atoms with Crippen LogP contribution in [0.15, 0.2) is 42.5 Å². The van der Waals surface area contributed by atoms with E-state index in [4.69, 9.17) is 9.47 Å². The highest BCUT2D eigenvalue weighted by atomic mass is 16.5. The number of rotatable bonds is 6. The molecule has 0 aliphatic rings. The third kappa shape index (κ3) is 4.25. The van der Waals surface area contributed by atoms with Gasteiger partial charge >= 0.3 is 0 Å². The van der Waals surface area contributed by atoms with E-state index in [0.717, 1.165) is 5.75 Å². The smallest absolute Gasteiger partial charge is 0.251 e. The van der Waals surface area contributed by atoms with E-state index in [-0.39, 0.29) is 5.91 Å². The fraction of sp³-hybridized carbons (Fsp3) is 0.278. The van der Waals surface area contributed by atoms with Gasteiger partial charge in [0.15, 0.2) is 0 Å². The fourth-order valence-corrected chi connectivity index (χ4v) is 2.00. The largest absolute Gasteiger partial charge is 0.497 e. The van der Waals surface area contributed by atoms with Crippen LogP contribution in [-0.4, -0.2) is 26.2 Å². The SMILES string of the molecule is COc1cccc(C(=O)NCCOc2ccc(C)c(C)c2)c1. The van der Waals surface area contributed by atoms with E-state index in [2.05, 4.69) is 12.2 Å². The summed E-state index contributed by atoms with van der Waals surface area (Å²) in [5.74, 6) is 1.35. The van der Waals surface area contributed by atoms with Crippen LogP contribution in [0.25, 0.3) is 0 Å². The summed E-state index contributed by atoms with van der Waals surface area (Å²) in [5.41, 5.74) is 3.00. The van der Waals surface area contributed by atoms with Gasteiger partial charge in [-0.05, 0) is 55.3 Å². The van der Waals surface area contributed by atoms with Gasteiger partial charge < -0.3 is 14.8 Å². The zero-order valence-electron chi connectivity index (χ0n) is 13.2. The Labute approximate surface area is 131 Å². The predicted molar refractivity (Wildman–Crippen MR) is 86.7 cm³/mol. The maximum absolute atomic E-state index is 12.0. The van der Waals surface area contributed by atoms with Gasteiger partial charge in [-0.25, -0.2) is 0 Å². The van der Waals surface area contributed by atoms with Crippen LogP contribution in [-0.2, 0) is 0 Å². The highest BCUT2D eigenvalue weighted by Gasteiger charge is 2.06. The van der Waals surface area contributed by atoms with Crippen LogP contribution in [0.3, 0.4) is 0 Å². The average molecular weight is 299 g/mol. The van der Waals surface area contributed by atoms with Crippen LogP contribution in [0.1, 0.15) is 21.5 Å².